The first kappa shape index (κ1) is 21.3. The Morgan fingerprint density at radius 2 is 1.79 bits per heavy atom. The predicted octanol–water partition coefficient (Wildman–Crippen LogP) is 4.73. The molecule has 2 aromatic carbocycles. The van der Waals surface area contributed by atoms with E-state index in [2.05, 4.69) is 17.4 Å². The summed E-state index contributed by atoms with van der Waals surface area (Å²) in [6.45, 7) is 5.67. The van der Waals surface area contributed by atoms with Crippen LogP contribution in [-0.2, 0) is 14.3 Å². The van der Waals surface area contributed by atoms with Gasteiger partial charge in [0.15, 0.2) is 17.3 Å². The van der Waals surface area contributed by atoms with E-state index in [1.807, 2.05) is 57.2 Å². The molecule has 0 spiro atoms. The molecule has 0 amide bonds. The van der Waals surface area contributed by atoms with Gasteiger partial charge in [-0.15, -0.1) is 0 Å². The van der Waals surface area contributed by atoms with Crippen molar-refractivity contribution in [3.05, 3.63) is 82.2 Å². The fraction of sp³-hybridized carbons (Fsp3) is 0.333. The molecule has 0 radical (unpaired) electrons. The number of benzene rings is 2. The van der Waals surface area contributed by atoms with E-state index in [0.717, 1.165) is 16.8 Å². The van der Waals surface area contributed by atoms with Crippen LogP contribution in [0.5, 0.6) is 11.5 Å². The Morgan fingerprint density at radius 3 is 2.55 bits per heavy atom. The van der Waals surface area contributed by atoms with Gasteiger partial charge >= 0.3 is 5.97 Å². The van der Waals surface area contributed by atoms with Gasteiger partial charge in [0, 0.05) is 29.3 Å². The molecular formula is C27H27NO5. The number of carbonyl (C=O) groups excluding carboxylic acids is 2. The van der Waals surface area contributed by atoms with Gasteiger partial charge in [-0.3, -0.25) is 4.79 Å². The summed E-state index contributed by atoms with van der Waals surface area (Å²) in [5, 5.41) is 3.39. The number of hydrogen-bond acceptors (Lipinski definition) is 6. The molecule has 2 atom stereocenters. The summed E-state index contributed by atoms with van der Waals surface area (Å²) >= 11 is 0. The lowest BCUT2D eigenvalue weighted by atomic mass is 9.71. The second-order valence-corrected chi connectivity index (χ2v) is 8.99. The number of ketones is 1. The number of carbonyl (C=O) groups is 2. The highest BCUT2D eigenvalue weighted by Gasteiger charge is 2.42. The maximum absolute atomic E-state index is 13.6. The maximum atomic E-state index is 13.6. The Balaban J connectivity index is 1.60. The quantitative estimate of drug-likeness (QED) is 0.686. The molecule has 1 aliphatic carbocycles. The molecule has 0 unspecified atom stereocenters. The minimum atomic E-state index is -0.522. The van der Waals surface area contributed by atoms with Gasteiger partial charge in [0.05, 0.1) is 11.7 Å². The molecule has 0 bridgehead atoms. The number of ether oxygens (including phenoxy) is 3. The number of nitrogens with one attached hydrogen (secondary N) is 1. The number of hydrogen-bond donors (Lipinski definition) is 1. The SMILES string of the molecule is CC1=C(C(=O)OC(C)C)[C@@H](c2ccc3c(c2)OCO3)C2=C(C[C@H](c3ccccc3)CC2=O)N1. The highest BCUT2D eigenvalue weighted by atomic mass is 16.7. The van der Waals surface area contributed by atoms with Crippen molar-refractivity contribution in [3.63, 3.8) is 0 Å². The van der Waals surface area contributed by atoms with Gasteiger partial charge in [-0.25, -0.2) is 4.79 Å². The molecule has 6 heteroatoms. The van der Waals surface area contributed by atoms with E-state index < -0.39 is 11.9 Å². The summed E-state index contributed by atoms with van der Waals surface area (Å²) in [4.78, 5) is 26.8. The van der Waals surface area contributed by atoms with Gasteiger partial charge in [-0.2, -0.15) is 0 Å². The van der Waals surface area contributed by atoms with Crippen LogP contribution in [0.25, 0.3) is 0 Å². The molecule has 5 rings (SSSR count). The zero-order valence-electron chi connectivity index (χ0n) is 19.0. The smallest absolute Gasteiger partial charge is 0.337 e. The summed E-state index contributed by atoms with van der Waals surface area (Å²) < 4.78 is 16.6. The number of Topliss-reactive ketones (excluding diaryl/α,β-unsaturated/α-hetero) is 1. The fourth-order valence-corrected chi connectivity index (χ4v) is 4.97. The van der Waals surface area contributed by atoms with Gasteiger partial charge < -0.3 is 19.5 Å². The van der Waals surface area contributed by atoms with E-state index >= 15 is 0 Å². The summed E-state index contributed by atoms with van der Waals surface area (Å²) in [5.74, 6) is 0.483. The topological polar surface area (TPSA) is 73.9 Å². The van der Waals surface area contributed by atoms with Crippen LogP contribution in [0.3, 0.4) is 0 Å². The van der Waals surface area contributed by atoms with Crippen LogP contribution in [0.15, 0.2) is 71.1 Å². The van der Waals surface area contributed by atoms with Gasteiger partial charge in [-0.05, 0) is 56.4 Å². The third-order valence-corrected chi connectivity index (χ3v) is 6.39. The molecule has 0 fully saturated rings. The molecule has 2 heterocycles. The summed E-state index contributed by atoms with van der Waals surface area (Å²) in [6, 6.07) is 15.7. The van der Waals surface area contributed by atoms with Crippen molar-refractivity contribution in [2.24, 2.45) is 0 Å². The first-order valence-corrected chi connectivity index (χ1v) is 11.3. The van der Waals surface area contributed by atoms with Crippen LogP contribution in [-0.4, -0.2) is 24.6 Å². The molecule has 0 aromatic heterocycles. The van der Waals surface area contributed by atoms with E-state index in [1.165, 1.54) is 0 Å². The summed E-state index contributed by atoms with van der Waals surface area (Å²) in [6.07, 6.45) is 0.836. The largest absolute Gasteiger partial charge is 0.460 e. The van der Waals surface area contributed by atoms with Crippen LogP contribution in [0.2, 0.25) is 0 Å². The molecule has 3 aliphatic rings. The van der Waals surface area contributed by atoms with Crippen molar-refractivity contribution in [2.75, 3.05) is 6.79 Å². The Hall–Kier alpha value is -3.54. The number of allylic oxidation sites excluding steroid dienone is 3. The van der Waals surface area contributed by atoms with Crippen LogP contribution in [0.1, 0.15) is 56.6 Å². The molecule has 2 aromatic rings. The van der Waals surface area contributed by atoms with Crippen LogP contribution in [0.4, 0.5) is 0 Å². The number of fused-ring (bicyclic) bond motifs is 1. The van der Waals surface area contributed by atoms with Crippen molar-refractivity contribution in [3.8, 4) is 11.5 Å². The fourth-order valence-electron chi connectivity index (χ4n) is 4.97. The third-order valence-electron chi connectivity index (χ3n) is 6.39. The van der Waals surface area contributed by atoms with Gasteiger partial charge in [0.25, 0.3) is 0 Å². The van der Waals surface area contributed by atoms with Crippen molar-refractivity contribution < 1.29 is 23.8 Å². The Morgan fingerprint density at radius 1 is 1.03 bits per heavy atom. The highest BCUT2D eigenvalue weighted by molar-refractivity contribution is 6.04. The molecule has 0 saturated heterocycles. The Bertz CT molecular complexity index is 1180. The van der Waals surface area contributed by atoms with Crippen LogP contribution >= 0.6 is 0 Å². The predicted molar refractivity (Wildman–Crippen MR) is 123 cm³/mol. The standard InChI is InChI=1S/C27H27NO5/c1-15(2)33-27(30)24-16(3)28-20-11-19(17-7-5-4-6-8-17)12-21(29)26(20)25(24)18-9-10-22-23(13-18)32-14-31-22/h4-10,13,15,19,25,28H,11-12,14H2,1-3H3/t19-,25+/m0/s1. The van der Waals surface area contributed by atoms with Crippen molar-refractivity contribution >= 4 is 11.8 Å². The zero-order valence-corrected chi connectivity index (χ0v) is 19.0. The van der Waals surface area contributed by atoms with Crippen LogP contribution in [0, 0.1) is 0 Å². The Kier molecular flexibility index (Phi) is 5.44. The van der Waals surface area contributed by atoms with E-state index in [-0.39, 0.29) is 24.6 Å². The van der Waals surface area contributed by atoms with Gasteiger partial charge in [-0.1, -0.05) is 36.4 Å². The zero-order chi connectivity index (χ0) is 23.1. The minimum absolute atomic E-state index is 0.0441. The molecule has 33 heavy (non-hydrogen) atoms. The molecule has 170 valence electrons. The second-order valence-electron chi connectivity index (χ2n) is 8.99. The normalized spacial score (nSPS) is 21.8. The van der Waals surface area contributed by atoms with E-state index in [0.29, 0.717) is 41.2 Å². The number of esters is 1. The van der Waals surface area contributed by atoms with Crippen molar-refractivity contribution in [1.82, 2.24) is 5.32 Å². The molecule has 2 aliphatic heterocycles. The Labute approximate surface area is 193 Å². The number of dihydropyridines is 1. The van der Waals surface area contributed by atoms with Crippen molar-refractivity contribution in [2.45, 2.75) is 51.6 Å². The van der Waals surface area contributed by atoms with Crippen LogP contribution < -0.4 is 14.8 Å². The van der Waals surface area contributed by atoms with Gasteiger partial charge in [0.2, 0.25) is 6.79 Å². The average molecular weight is 446 g/mol. The first-order valence-electron chi connectivity index (χ1n) is 11.3. The lowest BCUT2D eigenvalue weighted by Gasteiger charge is -2.37. The molecule has 0 saturated carbocycles. The maximum Gasteiger partial charge on any atom is 0.337 e. The highest BCUT2D eigenvalue weighted by Crippen LogP contribution is 2.47. The first-order chi connectivity index (χ1) is 15.9. The average Bonchev–Trinajstić information content (AvgIpc) is 3.26. The van der Waals surface area contributed by atoms with E-state index in [1.54, 1.807) is 0 Å². The third kappa shape index (κ3) is 3.90. The summed E-state index contributed by atoms with van der Waals surface area (Å²) in [7, 11) is 0. The van der Waals surface area contributed by atoms with Crippen molar-refractivity contribution in [1.29, 1.82) is 0 Å². The molecule has 6 nitrogen and oxygen atoms in total. The van der Waals surface area contributed by atoms with E-state index in [9.17, 15) is 9.59 Å². The lowest BCUT2D eigenvalue weighted by Crippen LogP contribution is -2.36. The lowest BCUT2D eigenvalue weighted by molar-refractivity contribution is -0.143. The van der Waals surface area contributed by atoms with Gasteiger partial charge in [0.1, 0.15) is 0 Å². The second kappa shape index (κ2) is 8.43. The molecular weight excluding hydrogens is 418 g/mol. The number of rotatable bonds is 4. The molecule has 1 N–H and O–H groups in total. The monoisotopic (exact) mass is 445 g/mol. The summed E-state index contributed by atoms with van der Waals surface area (Å²) in [5.41, 5.74) is 4.65. The van der Waals surface area contributed by atoms with E-state index in [4.69, 9.17) is 14.2 Å². The minimum Gasteiger partial charge on any atom is -0.460 e.